The van der Waals surface area contributed by atoms with E-state index in [1.54, 1.807) is 6.20 Å². The molecular weight excluding hydrogens is 275 g/mol. The summed E-state index contributed by atoms with van der Waals surface area (Å²) >= 11 is 6.34. The Morgan fingerprint density at radius 1 is 1.30 bits per heavy atom. The maximum Gasteiger partial charge on any atom is 0.141 e. The van der Waals surface area contributed by atoms with E-state index >= 15 is 0 Å². The lowest BCUT2D eigenvalue weighted by molar-refractivity contribution is 0.580. The van der Waals surface area contributed by atoms with Crippen molar-refractivity contribution in [2.45, 2.75) is 26.3 Å². The van der Waals surface area contributed by atoms with E-state index in [2.05, 4.69) is 17.2 Å². The van der Waals surface area contributed by atoms with Crippen LogP contribution < -0.4 is 5.32 Å². The van der Waals surface area contributed by atoms with Gasteiger partial charge in [-0.3, -0.25) is 4.98 Å². The predicted molar refractivity (Wildman–Crippen MR) is 80.5 cm³/mol. The standard InChI is InChI=1S/C16H18ClFN2/c1-3-6-20-16(12-8-13(18)10-19-9-12)14-5-4-11(2)7-15(14)17/h4-5,7-10,16,20H,3,6H2,1-2H3. The number of nitrogens with one attached hydrogen (secondary N) is 1. The Bertz CT molecular complexity index is 586. The highest BCUT2D eigenvalue weighted by Crippen LogP contribution is 2.29. The Morgan fingerprint density at radius 2 is 2.10 bits per heavy atom. The largest absolute Gasteiger partial charge is 0.306 e. The third-order valence-corrected chi connectivity index (χ3v) is 3.45. The van der Waals surface area contributed by atoms with E-state index in [4.69, 9.17) is 11.6 Å². The number of nitrogens with zero attached hydrogens (tertiary/aromatic N) is 1. The second-order valence-electron chi connectivity index (χ2n) is 4.85. The number of benzene rings is 1. The summed E-state index contributed by atoms with van der Waals surface area (Å²) in [6.45, 7) is 4.91. The first kappa shape index (κ1) is 14.9. The molecule has 0 aliphatic heterocycles. The average Bonchev–Trinajstić information content (AvgIpc) is 2.41. The zero-order valence-electron chi connectivity index (χ0n) is 11.7. The molecule has 0 saturated carbocycles. The molecule has 1 atom stereocenters. The minimum atomic E-state index is -0.339. The van der Waals surface area contributed by atoms with Crippen LogP contribution in [0.15, 0.2) is 36.7 Å². The van der Waals surface area contributed by atoms with Gasteiger partial charge in [0.1, 0.15) is 5.82 Å². The van der Waals surface area contributed by atoms with Gasteiger partial charge in [0.25, 0.3) is 0 Å². The summed E-state index contributed by atoms with van der Waals surface area (Å²) in [5, 5.41) is 4.08. The van der Waals surface area contributed by atoms with E-state index < -0.39 is 0 Å². The molecule has 0 fully saturated rings. The number of hydrogen-bond acceptors (Lipinski definition) is 2. The fraction of sp³-hybridized carbons (Fsp3) is 0.312. The molecule has 1 N–H and O–H groups in total. The van der Waals surface area contributed by atoms with Crippen LogP contribution in [0.2, 0.25) is 5.02 Å². The van der Waals surface area contributed by atoms with E-state index in [0.29, 0.717) is 5.02 Å². The molecule has 2 nitrogen and oxygen atoms in total. The van der Waals surface area contributed by atoms with Crippen molar-refractivity contribution >= 4 is 11.6 Å². The quantitative estimate of drug-likeness (QED) is 0.890. The van der Waals surface area contributed by atoms with Crippen molar-refractivity contribution in [3.8, 4) is 0 Å². The molecule has 0 bridgehead atoms. The summed E-state index contributed by atoms with van der Waals surface area (Å²) < 4.78 is 13.4. The number of aromatic nitrogens is 1. The first-order valence-corrected chi connectivity index (χ1v) is 7.09. The molecule has 1 aromatic carbocycles. The topological polar surface area (TPSA) is 24.9 Å². The first-order chi connectivity index (χ1) is 9.61. The second kappa shape index (κ2) is 6.82. The number of aryl methyl sites for hydroxylation is 1. The zero-order chi connectivity index (χ0) is 14.5. The van der Waals surface area contributed by atoms with Gasteiger partial charge in [-0.15, -0.1) is 0 Å². The lowest BCUT2D eigenvalue weighted by Crippen LogP contribution is -2.23. The van der Waals surface area contributed by atoms with E-state index in [-0.39, 0.29) is 11.9 Å². The molecule has 0 amide bonds. The van der Waals surface area contributed by atoms with Crippen molar-refractivity contribution in [3.63, 3.8) is 0 Å². The molecule has 20 heavy (non-hydrogen) atoms. The maximum atomic E-state index is 13.4. The molecule has 1 heterocycles. The van der Waals surface area contributed by atoms with Crippen LogP contribution in [0.4, 0.5) is 4.39 Å². The Kier molecular flexibility index (Phi) is 5.10. The number of hydrogen-bond donors (Lipinski definition) is 1. The summed E-state index contributed by atoms with van der Waals surface area (Å²) in [5.41, 5.74) is 2.83. The molecule has 0 aliphatic rings. The summed E-state index contributed by atoms with van der Waals surface area (Å²) in [5.74, 6) is -0.339. The van der Waals surface area contributed by atoms with Gasteiger partial charge >= 0.3 is 0 Å². The van der Waals surface area contributed by atoms with Gasteiger partial charge in [0, 0.05) is 11.2 Å². The van der Waals surface area contributed by atoms with Gasteiger partial charge in [-0.2, -0.15) is 0 Å². The molecule has 0 saturated heterocycles. The summed E-state index contributed by atoms with van der Waals surface area (Å²) in [6, 6.07) is 7.26. The van der Waals surface area contributed by atoms with Crippen molar-refractivity contribution in [3.05, 3.63) is 64.2 Å². The molecule has 4 heteroatoms. The van der Waals surface area contributed by atoms with Crippen LogP contribution in [-0.2, 0) is 0 Å². The highest BCUT2D eigenvalue weighted by atomic mass is 35.5. The predicted octanol–water partition coefficient (Wildman–Crippen LogP) is 4.27. The maximum absolute atomic E-state index is 13.4. The number of rotatable bonds is 5. The van der Waals surface area contributed by atoms with Crippen LogP contribution in [0.3, 0.4) is 0 Å². The zero-order valence-corrected chi connectivity index (χ0v) is 12.4. The van der Waals surface area contributed by atoms with Crippen molar-refractivity contribution in [2.24, 2.45) is 0 Å². The third-order valence-electron chi connectivity index (χ3n) is 3.12. The fourth-order valence-corrected chi connectivity index (χ4v) is 2.49. The normalized spacial score (nSPS) is 12.4. The van der Waals surface area contributed by atoms with Crippen molar-refractivity contribution < 1.29 is 4.39 Å². The molecule has 0 aliphatic carbocycles. The van der Waals surface area contributed by atoms with E-state index in [0.717, 1.165) is 29.7 Å². The highest BCUT2D eigenvalue weighted by Gasteiger charge is 2.17. The van der Waals surface area contributed by atoms with Crippen LogP contribution in [0.5, 0.6) is 0 Å². The molecule has 1 aromatic heterocycles. The Labute approximate surface area is 124 Å². The second-order valence-corrected chi connectivity index (χ2v) is 5.26. The number of pyridine rings is 1. The smallest absolute Gasteiger partial charge is 0.141 e. The minimum Gasteiger partial charge on any atom is -0.306 e. The monoisotopic (exact) mass is 292 g/mol. The molecule has 2 aromatic rings. The van der Waals surface area contributed by atoms with Gasteiger partial charge in [0.05, 0.1) is 12.2 Å². The van der Waals surface area contributed by atoms with Gasteiger partial charge in [-0.1, -0.05) is 30.7 Å². The fourth-order valence-electron chi connectivity index (χ4n) is 2.15. The van der Waals surface area contributed by atoms with Crippen LogP contribution in [-0.4, -0.2) is 11.5 Å². The van der Waals surface area contributed by atoms with Crippen molar-refractivity contribution in [1.82, 2.24) is 10.3 Å². The van der Waals surface area contributed by atoms with E-state index in [1.165, 1.54) is 12.3 Å². The van der Waals surface area contributed by atoms with Crippen LogP contribution in [0.1, 0.15) is 36.1 Å². The Morgan fingerprint density at radius 3 is 2.75 bits per heavy atom. The molecular formula is C16H18ClFN2. The van der Waals surface area contributed by atoms with Crippen molar-refractivity contribution in [1.29, 1.82) is 0 Å². The van der Waals surface area contributed by atoms with Crippen LogP contribution in [0, 0.1) is 12.7 Å². The van der Waals surface area contributed by atoms with Crippen LogP contribution >= 0.6 is 11.6 Å². The number of halogens is 2. The Hall–Kier alpha value is -1.45. The molecule has 2 rings (SSSR count). The molecule has 0 spiro atoms. The minimum absolute atomic E-state index is 0.147. The van der Waals surface area contributed by atoms with Gasteiger partial charge in [0.15, 0.2) is 0 Å². The Balaban J connectivity index is 2.41. The molecule has 106 valence electrons. The highest BCUT2D eigenvalue weighted by molar-refractivity contribution is 6.31. The SMILES string of the molecule is CCCNC(c1cncc(F)c1)c1ccc(C)cc1Cl. The molecule has 0 radical (unpaired) electrons. The summed E-state index contributed by atoms with van der Waals surface area (Å²) in [7, 11) is 0. The van der Waals surface area contributed by atoms with Crippen LogP contribution in [0.25, 0.3) is 0 Å². The van der Waals surface area contributed by atoms with Crippen molar-refractivity contribution in [2.75, 3.05) is 6.54 Å². The summed E-state index contributed by atoms with van der Waals surface area (Å²) in [4.78, 5) is 3.93. The van der Waals surface area contributed by atoms with Gasteiger partial charge in [0.2, 0.25) is 0 Å². The molecule has 1 unspecified atom stereocenters. The third kappa shape index (κ3) is 3.56. The lowest BCUT2D eigenvalue weighted by atomic mass is 9.98. The van der Waals surface area contributed by atoms with Gasteiger partial charge in [-0.25, -0.2) is 4.39 Å². The van der Waals surface area contributed by atoms with Gasteiger partial charge < -0.3 is 5.32 Å². The summed E-state index contributed by atoms with van der Waals surface area (Å²) in [6.07, 6.45) is 3.87. The first-order valence-electron chi connectivity index (χ1n) is 6.71. The lowest BCUT2D eigenvalue weighted by Gasteiger charge is -2.20. The van der Waals surface area contributed by atoms with Gasteiger partial charge in [-0.05, 0) is 48.7 Å². The average molecular weight is 293 g/mol. The van der Waals surface area contributed by atoms with E-state index in [9.17, 15) is 4.39 Å². The van der Waals surface area contributed by atoms with E-state index in [1.807, 2.05) is 25.1 Å².